The fraction of sp³-hybridized carbons (Fsp3) is 0.765. The first kappa shape index (κ1) is 18.1. The summed E-state index contributed by atoms with van der Waals surface area (Å²) in [6, 6.07) is 0.540. The molecule has 4 heteroatoms. The minimum Gasteiger partial charge on any atom is -0.368 e. The maximum absolute atomic E-state index is 5.76. The normalized spacial score (nSPS) is 12.2. The molecular weight excluding hydrogens is 262 g/mol. The van der Waals surface area contributed by atoms with Crippen LogP contribution in [0.25, 0.3) is 0 Å². The van der Waals surface area contributed by atoms with Gasteiger partial charge >= 0.3 is 0 Å². The molecule has 1 heterocycles. The lowest BCUT2D eigenvalue weighted by Gasteiger charge is -2.24. The van der Waals surface area contributed by atoms with Crippen molar-refractivity contribution in [2.24, 2.45) is 0 Å². The molecule has 0 unspecified atom stereocenters. The Balaban J connectivity index is 2.80. The van der Waals surface area contributed by atoms with Gasteiger partial charge in [-0.15, -0.1) is 0 Å². The molecule has 1 rings (SSSR count). The van der Waals surface area contributed by atoms with Crippen molar-refractivity contribution in [3.8, 4) is 0 Å². The van der Waals surface area contributed by atoms with Crippen LogP contribution in [-0.2, 0) is 16.8 Å². The summed E-state index contributed by atoms with van der Waals surface area (Å²) >= 11 is 0. The molecule has 0 atom stereocenters. The van der Waals surface area contributed by atoms with Crippen LogP contribution in [0.4, 0.5) is 0 Å². The highest BCUT2D eigenvalue weighted by Gasteiger charge is 2.25. The first-order chi connectivity index (χ1) is 9.77. The van der Waals surface area contributed by atoms with Gasteiger partial charge in [-0.1, -0.05) is 13.8 Å². The van der Waals surface area contributed by atoms with Crippen LogP contribution in [0.15, 0.2) is 0 Å². The van der Waals surface area contributed by atoms with Crippen molar-refractivity contribution in [1.82, 2.24) is 15.3 Å². The average molecular weight is 293 g/mol. The number of aromatic nitrogens is 2. The molecule has 0 aliphatic rings. The molecule has 1 N–H and O–H groups in total. The van der Waals surface area contributed by atoms with E-state index in [1.165, 1.54) is 5.56 Å². The van der Waals surface area contributed by atoms with Gasteiger partial charge in [0.25, 0.3) is 0 Å². The van der Waals surface area contributed by atoms with E-state index < -0.39 is 5.60 Å². The van der Waals surface area contributed by atoms with Crippen molar-refractivity contribution in [3.05, 3.63) is 22.8 Å². The van der Waals surface area contributed by atoms with Crippen LogP contribution in [-0.4, -0.2) is 29.2 Å². The quantitative estimate of drug-likeness (QED) is 0.747. The molecule has 0 aliphatic heterocycles. The van der Waals surface area contributed by atoms with Gasteiger partial charge in [-0.25, -0.2) is 9.97 Å². The molecule has 0 saturated carbocycles. The van der Waals surface area contributed by atoms with Crippen molar-refractivity contribution in [1.29, 1.82) is 0 Å². The minimum absolute atomic E-state index is 0.429. The van der Waals surface area contributed by atoms with Gasteiger partial charge in [-0.05, 0) is 59.6 Å². The van der Waals surface area contributed by atoms with Crippen LogP contribution in [0.5, 0.6) is 0 Å². The Bertz CT molecular complexity index is 432. The minimum atomic E-state index is -0.429. The Morgan fingerprint density at radius 3 is 2.19 bits per heavy atom. The van der Waals surface area contributed by atoms with Gasteiger partial charge in [0, 0.05) is 24.0 Å². The molecule has 0 amide bonds. The summed E-state index contributed by atoms with van der Waals surface area (Å²) in [5.41, 5.74) is 3.00. The molecular formula is C17H31N3O. The lowest BCUT2D eigenvalue weighted by atomic mass is 10.0. The largest absolute Gasteiger partial charge is 0.368 e. The zero-order valence-electron chi connectivity index (χ0n) is 14.7. The second kappa shape index (κ2) is 7.85. The van der Waals surface area contributed by atoms with Crippen LogP contribution in [0, 0.1) is 13.8 Å². The van der Waals surface area contributed by atoms with Crippen LogP contribution in [0.1, 0.15) is 63.8 Å². The Morgan fingerprint density at radius 2 is 1.71 bits per heavy atom. The van der Waals surface area contributed by atoms with E-state index in [1.807, 2.05) is 20.8 Å². The van der Waals surface area contributed by atoms with E-state index in [1.54, 1.807) is 0 Å². The van der Waals surface area contributed by atoms with Crippen LogP contribution >= 0.6 is 0 Å². The van der Waals surface area contributed by atoms with E-state index in [-0.39, 0.29) is 0 Å². The van der Waals surface area contributed by atoms with Crippen LogP contribution in [0.2, 0.25) is 0 Å². The molecule has 0 spiro atoms. The van der Waals surface area contributed by atoms with Gasteiger partial charge in [0.15, 0.2) is 5.82 Å². The van der Waals surface area contributed by atoms with Gasteiger partial charge in [0.1, 0.15) is 5.60 Å². The molecule has 4 nitrogen and oxygen atoms in total. The Labute approximate surface area is 129 Å². The SMILES string of the molecule is CCOC(C)(C)c1nc(C)c(CCCNC(C)C)c(C)n1. The molecule has 0 aliphatic carbocycles. The zero-order valence-corrected chi connectivity index (χ0v) is 14.7. The van der Waals surface area contributed by atoms with Crippen molar-refractivity contribution in [2.75, 3.05) is 13.2 Å². The second-order valence-corrected chi connectivity index (χ2v) is 6.35. The van der Waals surface area contributed by atoms with Crippen molar-refractivity contribution in [3.63, 3.8) is 0 Å². The summed E-state index contributed by atoms with van der Waals surface area (Å²) in [4.78, 5) is 9.36. The summed E-state index contributed by atoms with van der Waals surface area (Å²) < 4.78 is 5.76. The highest BCUT2D eigenvalue weighted by molar-refractivity contribution is 5.25. The fourth-order valence-corrected chi connectivity index (χ4v) is 2.45. The number of aryl methyl sites for hydroxylation is 2. The van der Waals surface area contributed by atoms with Crippen LogP contribution in [0.3, 0.4) is 0 Å². The summed E-state index contributed by atoms with van der Waals surface area (Å²) in [5, 5.41) is 3.45. The Hall–Kier alpha value is -1.00. The highest BCUT2D eigenvalue weighted by atomic mass is 16.5. The number of ether oxygens (including phenoxy) is 1. The molecule has 120 valence electrons. The maximum atomic E-state index is 5.76. The highest BCUT2D eigenvalue weighted by Crippen LogP contribution is 2.23. The molecule has 0 fully saturated rings. The third-order valence-corrected chi connectivity index (χ3v) is 3.62. The van der Waals surface area contributed by atoms with Crippen molar-refractivity contribution in [2.45, 2.75) is 73.0 Å². The van der Waals surface area contributed by atoms with E-state index in [4.69, 9.17) is 4.74 Å². The lowest BCUT2D eigenvalue weighted by molar-refractivity contribution is -0.0210. The third-order valence-electron chi connectivity index (χ3n) is 3.62. The number of nitrogens with one attached hydrogen (secondary N) is 1. The van der Waals surface area contributed by atoms with E-state index in [9.17, 15) is 0 Å². The summed E-state index contributed by atoms with van der Waals surface area (Å²) in [7, 11) is 0. The lowest BCUT2D eigenvalue weighted by Crippen LogP contribution is -2.26. The van der Waals surface area contributed by atoms with Gasteiger partial charge in [0.2, 0.25) is 0 Å². The summed E-state index contributed by atoms with van der Waals surface area (Å²) in [6.45, 7) is 16.2. The average Bonchev–Trinajstić information content (AvgIpc) is 2.36. The molecule has 0 saturated heterocycles. The number of hydrogen-bond acceptors (Lipinski definition) is 4. The molecule has 1 aromatic heterocycles. The molecule has 0 aromatic carbocycles. The van der Waals surface area contributed by atoms with E-state index in [0.717, 1.165) is 36.6 Å². The molecule has 21 heavy (non-hydrogen) atoms. The number of hydrogen-bond donors (Lipinski definition) is 1. The van der Waals surface area contributed by atoms with Crippen molar-refractivity contribution < 1.29 is 4.74 Å². The van der Waals surface area contributed by atoms with Crippen LogP contribution < -0.4 is 5.32 Å². The smallest absolute Gasteiger partial charge is 0.160 e. The molecule has 0 radical (unpaired) electrons. The first-order valence-corrected chi connectivity index (χ1v) is 7.99. The maximum Gasteiger partial charge on any atom is 0.160 e. The monoisotopic (exact) mass is 293 g/mol. The van der Waals surface area contributed by atoms with Gasteiger partial charge < -0.3 is 10.1 Å². The predicted octanol–water partition coefficient (Wildman–Crippen LogP) is 3.30. The molecule has 0 bridgehead atoms. The Morgan fingerprint density at radius 1 is 1.14 bits per heavy atom. The number of nitrogens with zero attached hydrogens (tertiary/aromatic N) is 2. The first-order valence-electron chi connectivity index (χ1n) is 7.99. The van der Waals surface area contributed by atoms with Gasteiger partial charge in [-0.3, -0.25) is 0 Å². The zero-order chi connectivity index (χ0) is 16.0. The topological polar surface area (TPSA) is 47.0 Å². The molecule has 1 aromatic rings. The predicted molar refractivity (Wildman–Crippen MR) is 87.6 cm³/mol. The Kier molecular flexibility index (Phi) is 6.75. The van der Waals surface area contributed by atoms with E-state index >= 15 is 0 Å². The summed E-state index contributed by atoms with van der Waals surface area (Å²) in [6.07, 6.45) is 2.13. The standard InChI is InChI=1S/C17H31N3O/c1-8-21-17(6,7)16-19-13(4)15(14(5)20-16)10-9-11-18-12(2)3/h12,18H,8-11H2,1-7H3. The van der Waals surface area contributed by atoms with E-state index in [2.05, 4.69) is 43.0 Å². The van der Waals surface area contributed by atoms with E-state index in [0.29, 0.717) is 12.6 Å². The second-order valence-electron chi connectivity index (χ2n) is 6.35. The third kappa shape index (κ3) is 5.36. The van der Waals surface area contributed by atoms with Gasteiger partial charge in [-0.2, -0.15) is 0 Å². The van der Waals surface area contributed by atoms with Gasteiger partial charge in [0.05, 0.1) is 0 Å². The van der Waals surface area contributed by atoms with Crippen molar-refractivity contribution >= 4 is 0 Å². The number of rotatable bonds is 8. The fourth-order valence-electron chi connectivity index (χ4n) is 2.45. The summed E-state index contributed by atoms with van der Waals surface area (Å²) in [5.74, 6) is 0.781.